The number of hydrogen-bond donors (Lipinski definition) is 0. The fourth-order valence-corrected chi connectivity index (χ4v) is 2.87. The highest BCUT2D eigenvalue weighted by Gasteiger charge is 2.10. The summed E-state index contributed by atoms with van der Waals surface area (Å²) in [6, 6.07) is 12.1. The van der Waals surface area contributed by atoms with Gasteiger partial charge in [-0.1, -0.05) is 11.3 Å². The molecule has 0 aliphatic carbocycles. The molecule has 0 saturated heterocycles. The van der Waals surface area contributed by atoms with Crippen LogP contribution in [0.15, 0.2) is 67.4 Å². The maximum absolute atomic E-state index is 4.69. The molecule has 5 heterocycles. The summed E-state index contributed by atoms with van der Waals surface area (Å²) in [6.45, 7) is 0.582. The van der Waals surface area contributed by atoms with Crippen LogP contribution in [0, 0.1) is 0 Å². The molecular weight excluding hydrogens is 314 g/mol. The lowest BCUT2D eigenvalue weighted by atomic mass is 10.2. The highest BCUT2D eigenvalue weighted by molar-refractivity contribution is 5.69. The zero-order valence-corrected chi connectivity index (χ0v) is 13.2. The Morgan fingerprint density at radius 3 is 2.84 bits per heavy atom. The Hall–Kier alpha value is -3.61. The van der Waals surface area contributed by atoms with Gasteiger partial charge in [0.1, 0.15) is 0 Å². The second-order valence-corrected chi connectivity index (χ2v) is 5.76. The molecule has 7 heteroatoms. The van der Waals surface area contributed by atoms with E-state index in [1.54, 1.807) is 23.3 Å². The van der Waals surface area contributed by atoms with Crippen molar-refractivity contribution in [3.8, 4) is 11.3 Å². The fraction of sp³-hybridized carbons (Fsp3) is 0.0556. The Bertz CT molecular complexity index is 1170. The standard InChI is InChI=1S/C18H13N7/c1-2-15-4-3-13(11-24(15)9-1)12-25-18-17(22-23-25)20-10-16(21-18)14-5-7-19-8-6-14/h1-11H,12H2. The van der Waals surface area contributed by atoms with Crippen LogP contribution in [0.5, 0.6) is 0 Å². The van der Waals surface area contributed by atoms with E-state index in [9.17, 15) is 0 Å². The van der Waals surface area contributed by atoms with E-state index in [0.29, 0.717) is 17.8 Å². The number of aromatic nitrogens is 7. The summed E-state index contributed by atoms with van der Waals surface area (Å²) >= 11 is 0. The molecule has 7 nitrogen and oxygen atoms in total. The lowest BCUT2D eigenvalue weighted by Gasteiger charge is -2.05. The van der Waals surface area contributed by atoms with Crippen LogP contribution >= 0.6 is 0 Å². The molecule has 0 atom stereocenters. The molecule has 0 amide bonds. The first-order chi connectivity index (χ1) is 12.4. The Morgan fingerprint density at radius 2 is 1.92 bits per heavy atom. The summed E-state index contributed by atoms with van der Waals surface area (Å²) in [7, 11) is 0. The van der Waals surface area contributed by atoms with Gasteiger partial charge in [-0.2, -0.15) is 0 Å². The number of rotatable bonds is 3. The van der Waals surface area contributed by atoms with Gasteiger partial charge >= 0.3 is 0 Å². The highest BCUT2D eigenvalue weighted by atomic mass is 15.4. The number of pyridine rings is 2. The molecule has 0 radical (unpaired) electrons. The molecule has 0 fully saturated rings. The molecule has 0 saturated carbocycles. The molecule has 5 rings (SSSR count). The summed E-state index contributed by atoms with van der Waals surface area (Å²) in [5, 5.41) is 8.34. The van der Waals surface area contributed by atoms with Crippen LogP contribution in [-0.2, 0) is 6.54 Å². The van der Waals surface area contributed by atoms with Crippen molar-refractivity contribution in [2.24, 2.45) is 0 Å². The predicted molar refractivity (Wildman–Crippen MR) is 92.8 cm³/mol. The molecule has 0 bridgehead atoms. The van der Waals surface area contributed by atoms with Crippen LogP contribution in [0.2, 0.25) is 0 Å². The van der Waals surface area contributed by atoms with Crippen molar-refractivity contribution < 1.29 is 0 Å². The van der Waals surface area contributed by atoms with Gasteiger partial charge in [0.2, 0.25) is 5.65 Å². The van der Waals surface area contributed by atoms with E-state index in [0.717, 1.165) is 22.3 Å². The van der Waals surface area contributed by atoms with Crippen LogP contribution < -0.4 is 0 Å². The molecule has 25 heavy (non-hydrogen) atoms. The van der Waals surface area contributed by atoms with Gasteiger partial charge in [-0.25, -0.2) is 14.6 Å². The average Bonchev–Trinajstić information content (AvgIpc) is 3.29. The molecule has 120 valence electrons. The normalized spacial score (nSPS) is 11.4. The average molecular weight is 327 g/mol. The first-order valence-corrected chi connectivity index (χ1v) is 7.89. The Morgan fingerprint density at radius 1 is 1.00 bits per heavy atom. The van der Waals surface area contributed by atoms with Gasteiger partial charge in [0, 0.05) is 35.9 Å². The van der Waals surface area contributed by atoms with E-state index in [-0.39, 0.29) is 0 Å². The van der Waals surface area contributed by atoms with E-state index >= 15 is 0 Å². The molecule has 0 aromatic carbocycles. The van der Waals surface area contributed by atoms with E-state index in [1.807, 2.05) is 24.4 Å². The zero-order valence-electron chi connectivity index (χ0n) is 13.2. The van der Waals surface area contributed by atoms with Gasteiger partial charge in [0.05, 0.1) is 18.4 Å². The van der Waals surface area contributed by atoms with Gasteiger partial charge < -0.3 is 4.40 Å². The molecule has 0 aliphatic rings. The predicted octanol–water partition coefficient (Wildman–Crippen LogP) is 2.58. The summed E-state index contributed by atoms with van der Waals surface area (Å²) < 4.78 is 3.86. The minimum Gasteiger partial charge on any atom is -0.324 e. The molecular formula is C18H13N7. The third-order valence-corrected chi connectivity index (χ3v) is 4.12. The van der Waals surface area contributed by atoms with Crippen LogP contribution in [0.4, 0.5) is 0 Å². The SMILES string of the molecule is c1cc2ccc(Cn3nnc4ncc(-c5ccncc5)nc43)cn2c1. The Labute approximate surface area is 142 Å². The lowest BCUT2D eigenvalue weighted by molar-refractivity contribution is 0.662. The van der Waals surface area contributed by atoms with E-state index < -0.39 is 0 Å². The van der Waals surface area contributed by atoms with E-state index in [2.05, 4.69) is 49.1 Å². The monoisotopic (exact) mass is 327 g/mol. The third kappa shape index (κ3) is 2.42. The second kappa shape index (κ2) is 5.48. The summed E-state index contributed by atoms with van der Waals surface area (Å²) in [5.74, 6) is 0. The van der Waals surface area contributed by atoms with Crippen LogP contribution in [0.3, 0.4) is 0 Å². The quantitative estimate of drug-likeness (QED) is 0.509. The van der Waals surface area contributed by atoms with Crippen molar-refractivity contribution in [1.82, 2.24) is 34.3 Å². The van der Waals surface area contributed by atoms with Gasteiger partial charge in [-0.15, -0.1) is 5.10 Å². The van der Waals surface area contributed by atoms with Crippen LogP contribution in [0.1, 0.15) is 5.56 Å². The third-order valence-electron chi connectivity index (χ3n) is 4.12. The largest absolute Gasteiger partial charge is 0.324 e. The van der Waals surface area contributed by atoms with Crippen LogP contribution in [-0.4, -0.2) is 34.3 Å². The molecule has 5 aromatic heterocycles. The molecule has 0 aliphatic heterocycles. The second-order valence-electron chi connectivity index (χ2n) is 5.76. The summed E-state index contributed by atoms with van der Waals surface area (Å²) in [5.41, 5.74) is 5.23. The first kappa shape index (κ1) is 13.8. The minimum atomic E-state index is 0.542. The molecule has 0 unspecified atom stereocenters. The summed E-state index contributed by atoms with van der Waals surface area (Å²) in [6.07, 6.45) is 9.30. The van der Waals surface area contributed by atoms with E-state index in [1.165, 1.54) is 0 Å². The maximum Gasteiger partial charge on any atom is 0.221 e. The Balaban J connectivity index is 1.56. The number of fused-ring (bicyclic) bond motifs is 2. The van der Waals surface area contributed by atoms with Crippen molar-refractivity contribution >= 4 is 16.8 Å². The Kier molecular flexibility index (Phi) is 3.03. The molecule has 0 spiro atoms. The minimum absolute atomic E-state index is 0.542. The first-order valence-electron chi connectivity index (χ1n) is 7.89. The van der Waals surface area contributed by atoms with Gasteiger partial charge in [0.25, 0.3) is 0 Å². The highest BCUT2D eigenvalue weighted by Crippen LogP contribution is 2.18. The maximum atomic E-state index is 4.69. The topological polar surface area (TPSA) is 73.8 Å². The molecule has 0 N–H and O–H groups in total. The fourth-order valence-electron chi connectivity index (χ4n) is 2.87. The number of nitrogens with zero attached hydrogens (tertiary/aromatic N) is 7. The van der Waals surface area contributed by atoms with Gasteiger partial charge in [-0.05, 0) is 35.9 Å². The van der Waals surface area contributed by atoms with Crippen LogP contribution in [0.25, 0.3) is 28.1 Å². The van der Waals surface area contributed by atoms with E-state index in [4.69, 9.17) is 4.98 Å². The lowest BCUT2D eigenvalue weighted by Crippen LogP contribution is -2.04. The zero-order chi connectivity index (χ0) is 16.6. The van der Waals surface area contributed by atoms with Crippen molar-refractivity contribution in [3.05, 3.63) is 72.9 Å². The number of hydrogen-bond acceptors (Lipinski definition) is 5. The van der Waals surface area contributed by atoms with Crippen molar-refractivity contribution in [2.75, 3.05) is 0 Å². The van der Waals surface area contributed by atoms with Crippen molar-refractivity contribution in [2.45, 2.75) is 6.54 Å². The smallest absolute Gasteiger partial charge is 0.221 e. The van der Waals surface area contributed by atoms with Gasteiger partial charge in [0.15, 0.2) is 5.65 Å². The van der Waals surface area contributed by atoms with Crippen molar-refractivity contribution in [3.63, 3.8) is 0 Å². The van der Waals surface area contributed by atoms with Crippen molar-refractivity contribution in [1.29, 1.82) is 0 Å². The summed E-state index contributed by atoms with van der Waals surface area (Å²) in [4.78, 5) is 13.1. The van der Waals surface area contributed by atoms with Gasteiger partial charge in [-0.3, -0.25) is 4.98 Å². The molecule has 5 aromatic rings.